The van der Waals surface area contributed by atoms with Gasteiger partial charge in [-0.2, -0.15) is 0 Å². The summed E-state index contributed by atoms with van der Waals surface area (Å²) < 4.78 is 16.8. The largest absolute Gasteiger partial charge is 0.444 e. The van der Waals surface area contributed by atoms with Crippen LogP contribution in [0.3, 0.4) is 0 Å². The van der Waals surface area contributed by atoms with E-state index in [9.17, 15) is 13.8 Å². The average Bonchev–Trinajstić information content (AvgIpc) is 2.59. The third kappa shape index (κ3) is 7.45. The Kier molecular flexibility index (Phi) is 7.59. The molecule has 0 aliphatic carbocycles. The van der Waals surface area contributed by atoms with Crippen LogP contribution in [0.4, 0.5) is 4.79 Å². The SMILES string of the molecule is CS(=O)c1ccc(CCC(=O)CC2CCN(C(=O)OC(C)(C)C)CC2)cc1. The summed E-state index contributed by atoms with van der Waals surface area (Å²) in [4.78, 5) is 26.9. The number of hydrogen-bond acceptors (Lipinski definition) is 4. The van der Waals surface area contributed by atoms with E-state index in [1.165, 1.54) is 0 Å². The molecule has 0 radical (unpaired) electrons. The number of nitrogens with zero attached hydrogens (tertiary/aromatic N) is 1. The van der Waals surface area contributed by atoms with Crippen LogP contribution in [-0.2, 0) is 26.8 Å². The summed E-state index contributed by atoms with van der Waals surface area (Å²) in [5.74, 6) is 0.620. The third-order valence-electron chi connectivity index (χ3n) is 4.73. The fourth-order valence-electron chi connectivity index (χ4n) is 3.20. The minimum Gasteiger partial charge on any atom is -0.444 e. The number of likely N-dealkylation sites (tertiary alicyclic amines) is 1. The van der Waals surface area contributed by atoms with Gasteiger partial charge in [-0.05, 0) is 63.6 Å². The fraction of sp³-hybridized carbons (Fsp3) is 0.619. The molecule has 2 rings (SSSR count). The molecular formula is C21H31NO4S. The van der Waals surface area contributed by atoms with E-state index in [4.69, 9.17) is 4.74 Å². The van der Waals surface area contributed by atoms with Crippen LogP contribution >= 0.6 is 0 Å². The number of hydrogen-bond donors (Lipinski definition) is 0. The van der Waals surface area contributed by atoms with Crippen LogP contribution in [-0.4, -0.2) is 45.9 Å². The molecule has 0 N–H and O–H groups in total. The molecule has 0 aromatic heterocycles. The Morgan fingerprint density at radius 2 is 1.74 bits per heavy atom. The zero-order valence-corrected chi connectivity index (χ0v) is 17.6. The predicted octanol–water partition coefficient (Wildman–Crippen LogP) is 3.96. The molecule has 1 amide bonds. The Balaban J connectivity index is 1.71. The number of Topliss-reactive ketones (excluding diaryl/α,β-unsaturated/α-hetero) is 1. The highest BCUT2D eigenvalue weighted by Crippen LogP contribution is 2.23. The van der Waals surface area contributed by atoms with Gasteiger partial charge < -0.3 is 9.64 Å². The second kappa shape index (κ2) is 9.49. The Morgan fingerprint density at radius 1 is 1.15 bits per heavy atom. The number of rotatable bonds is 6. The molecule has 1 aliphatic heterocycles. The molecule has 1 aromatic carbocycles. The molecule has 150 valence electrons. The second-order valence-corrected chi connectivity index (χ2v) is 9.63. The number of carbonyl (C=O) groups excluding carboxylic acids is 2. The smallest absolute Gasteiger partial charge is 0.410 e. The molecule has 6 heteroatoms. The van der Waals surface area contributed by atoms with E-state index >= 15 is 0 Å². The topological polar surface area (TPSA) is 63.7 Å². The number of amides is 1. The summed E-state index contributed by atoms with van der Waals surface area (Å²) in [6, 6.07) is 7.62. The van der Waals surface area contributed by atoms with Crippen molar-refractivity contribution < 1.29 is 18.5 Å². The maximum Gasteiger partial charge on any atom is 0.410 e. The molecule has 1 unspecified atom stereocenters. The first-order valence-corrected chi connectivity index (χ1v) is 11.1. The lowest BCUT2D eigenvalue weighted by Gasteiger charge is -2.33. The van der Waals surface area contributed by atoms with Crippen molar-refractivity contribution in [2.45, 2.75) is 63.4 Å². The molecule has 27 heavy (non-hydrogen) atoms. The zero-order valence-electron chi connectivity index (χ0n) is 16.8. The molecule has 1 fully saturated rings. The Hall–Kier alpha value is -1.69. The lowest BCUT2D eigenvalue weighted by Crippen LogP contribution is -2.42. The molecule has 1 atom stereocenters. The maximum absolute atomic E-state index is 12.3. The number of ketones is 1. The average molecular weight is 394 g/mol. The highest BCUT2D eigenvalue weighted by molar-refractivity contribution is 7.84. The van der Waals surface area contributed by atoms with Crippen molar-refractivity contribution in [1.82, 2.24) is 4.90 Å². The van der Waals surface area contributed by atoms with Gasteiger partial charge in [0.1, 0.15) is 11.4 Å². The first kappa shape index (κ1) is 21.6. The standard InChI is InChI=1S/C21H31NO4S/c1-21(2,3)26-20(24)22-13-11-17(12-14-22)15-18(23)8-5-16-6-9-19(10-7-16)27(4)25/h6-7,9-10,17H,5,8,11-15H2,1-4H3. The Morgan fingerprint density at radius 3 is 2.26 bits per heavy atom. The molecule has 1 aromatic rings. The molecule has 5 nitrogen and oxygen atoms in total. The molecule has 1 aliphatic rings. The summed E-state index contributed by atoms with van der Waals surface area (Å²) >= 11 is 0. The summed E-state index contributed by atoms with van der Waals surface area (Å²) in [6.07, 6.45) is 4.92. The zero-order chi connectivity index (χ0) is 20.0. The van der Waals surface area contributed by atoms with Crippen molar-refractivity contribution in [3.63, 3.8) is 0 Å². The molecule has 1 heterocycles. The number of piperidine rings is 1. The quantitative estimate of drug-likeness (QED) is 0.734. The van der Waals surface area contributed by atoms with Gasteiger partial charge >= 0.3 is 6.09 Å². The van der Waals surface area contributed by atoms with Crippen molar-refractivity contribution in [3.8, 4) is 0 Å². The number of aryl methyl sites for hydroxylation is 1. The van der Waals surface area contributed by atoms with E-state index in [-0.39, 0.29) is 11.9 Å². The van der Waals surface area contributed by atoms with Crippen molar-refractivity contribution >= 4 is 22.7 Å². The predicted molar refractivity (Wildman–Crippen MR) is 107 cm³/mol. The molecule has 0 spiro atoms. The lowest BCUT2D eigenvalue weighted by atomic mass is 9.90. The number of carbonyl (C=O) groups is 2. The van der Waals surface area contributed by atoms with Crippen molar-refractivity contribution in [1.29, 1.82) is 0 Å². The monoisotopic (exact) mass is 393 g/mol. The van der Waals surface area contributed by atoms with E-state index in [1.54, 1.807) is 11.2 Å². The van der Waals surface area contributed by atoms with Crippen molar-refractivity contribution in [2.24, 2.45) is 5.92 Å². The van der Waals surface area contributed by atoms with Crippen LogP contribution in [0.5, 0.6) is 0 Å². The van der Waals surface area contributed by atoms with Gasteiger partial charge in [0.15, 0.2) is 0 Å². The summed E-state index contributed by atoms with van der Waals surface area (Å²) in [5, 5.41) is 0. The van der Waals surface area contributed by atoms with Crippen LogP contribution in [0.15, 0.2) is 29.2 Å². The van der Waals surface area contributed by atoms with E-state index in [1.807, 2.05) is 45.0 Å². The van der Waals surface area contributed by atoms with Crippen LogP contribution in [0.1, 0.15) is 52.0 Å². The van der Waals surface area contributed by atoms with Crippen LogP contribution in [0.25, 0.3) is 0 Å². The molecule has 1 saturated heterocycles. The van der Waals surface area contributed by atoms with Gasteiger partial charge in [0, 0.05) is 47.9 Å². The van der Waals surface area contributed by atoms with Gasteiger partial charge in [0.25, 0.3) is 0 Å². The minimum atomic E-state index is -0.971. The summed E-state index contributed by atoms with van der Waals surface area (Å²) in [5.41, 5.74) is 0.617. The van der Waals surface area contributed by atoms with E-state index < -0.39 is 16.4 Å². The lowest BCUT2D eigenvalue weighted by molar-refractivity contribution is -0.120. The Bertz CT molecular complexity index is 670. The van der Waals surface area contributed by atoms with Gasteiger partial charge in [0.2, 0.25) is 0 Å². The fourth-order valence-corrected chi connectivity index (χ4v) is 3.72. The number of ether oxygens (including phenoxy) is 1. The van der Waals surface area contributed by atoms with E-state index in [0.29, 0.717) is 38.3 Å². The van der Waals surface area contributed by atoms with Crippen LogP contribution in [0, 0.1) is 5.92 Å². The number of benzene rings is 1. The third-order valence-corrected chi connectivity index (χ3v) is 5.67. The van der Waals surface area contributed by atoms with Gasteiger partial charge in [-0.15, -0.1) is 0 Å². The van der Waals surface area contributed by atoms with E-state index in [0.717, 1.165) is 23.3 Å². The Labute approximate surface area is 164 Å². The van der Waals surface area contributed by atoms with Gasteiger partial charge in [-0.3, -0.25) is 9.00 Å². The molecule has 0 saturated carbocycles. The first-order chi connectivity index (χ1) is 12.6. The van der Waals surface area contributed by atoms with Gasteiger partial charge in [-0.1, -0.05) is 12.1 Å². The van der Waals surface area contributed by atoms with E-state index in [2.05, 4.69) is 0 Å². The van der Waals surface area contributed by atoms with Crippen molar-refractivity contribution in [2.75, 3.05) is 19.3 Å². The minimum absolute atomic E-state index is 0.260. The second-order valence-electron chi connectivity index (χ2n) is 8.25. The van der Waals surface area contributed by atoms with Gasteiger partial charge in [0.05, 0.1) is 0 Å². The maximum atomic E-state index is 12.3. The summed E-state index contributed by atoms with van der Waals surface area (Å²) in [6.45, 7) is 6.91. The summed E-state index contributed by atoms with van der Waals surface area (Å²) in [7, 11) is -0.971. The highest BCUT2D eigenvalue weighted by atomic mass is 32.2. The first-order valence-electron chi connectivity index (χ1n) is 9.56. The molecular weight excluding hydrogens is 362 g/mol. The molecule has 0 bridgehead atoms. The normalized spacial score (nSPS) is 16.8. The van der Waals surface area contributed by atoms with Crippen molar-refractivity contribution in [3.05, 3.63) is 29.8 Å². The van der Waals surface area contributed by atoms with Gasteiger partial charge in [-0.25, -0.2) is 4.79 Å². The van der Waals surface area contributed by atoms with Crippen LogP contribution < -0.4 is 0 Å². The highest BCUT2D eigenvalue weighted by Gasteiger charge is 2.27. The van der Waals surface area contributed by atoms with Crippen LogP contribution in [0.2, 0.25) is 0 Å².